The van der Waals surface area contributed by atoms with Crippen molar-refractivity contribution in [3.05, 3.63) is 65.0 Å². The molecule has 1 aliphatic rings. The van der Waals surface area contributed by atoms with Crippen molar-refractivity contribution in [2.24, 2.45) is 0 Å². The van der Waals surface area contributed by atoms with Crippen LogP contribution in [-0.4, -0.2) is 16.8 Å². The Morgan fingerprint density at radius 1 is 1.26 bits per heavy atom. The van der Waals surface area contributed by atoms with E-state index in [0.29, 0.717) is 23.4 Å². The van der Waals surface area contributed by atoms with E-state index >= 15 is 0 Å². The van der Waals surface area contributed by atoms with E-state index in [1.807, 2.05) is 13.0 Å². The minimum atomic E-state index is -0.273. The van der Waals surface area contributed by atoms with Crippen LogP contribution in [0.25, 0.3) is 0 Å². The summed E-state index contributed by atoms with van der Waals surface area (Å²) in [5, 5.41) is 0. The van der Waals surface area contributed by atoms with E-state index in [1.165, 1.54) is 6.07 Å². The van der Waals surface area contributed by atoms with Crippen LogP contribution in [0.5, 0.6) is 0 Å². The second-order valence-corrected chi connectivity index (χ2v) is 5.83. The third-order valence-corrected chi connectivity index (χ3v) is 4.04. The monoisotopic (exact) mass is 334 g/mol. The van der Waals surface area contributed by atoms with Gasteiger partial charge in [-0.15, -0.1) is 12.4 Å². The fourth-order valence-corrected chi connectivity index (χ4v) is 2.59. The molecule has 0 aromatic heterocycles. The van der Waals surface area contributed by atoms with Crippen molar-refractivity contribution >= 4 is 24.0 Å². The first-order valence-corrected chi connectivity index (χ1v) is 7.47. The fourth-order valence-electron chi connectivity index (χ4n) is 2.59. The summed E-state index contributed by atoms with van der Waals surface area (Å²) in [5.74, 6) is -0.346. The van der Waals surface area contributed by atoms with Crippen molar-refractivity contribution in [1.29, 1.82) is 0 Å². The number of rotatable bonds is 4. The largest absolute Gasteiger partial charge is 0.399 e. The molecule has 0 spiro atoms. The van der Waals surface area contributed by atoms with Crippen molar-refractivity contribution in [2.45, 2.75) is 32.4 Å². The number of carbonyl (C=O) groups excluding carboxylic acids is 1. The van der Waals surface area contributed by atoms with Gasteiger partial charge in [0, 0.05) is 29.4 Å². The van der Waals surface area contributed by atoms with E-state index in [9.17, 15) is 9.18 Å². The van der Waals surface area contributed by atoms with Gasteiger partial charge >= 0.3 is 0 Å². The molecule has 3 rings (SSSR count). The Hall–Kier alpha value is -2.07. The number of nitrogen functional groups attached to an aromatic ring is 1. The van der Waals surface area contributed by atoms with E-state index < -0.39 is 0 Å². The molecule has 5 heteroatoms. The minimum Gasteiger partial charge on any atom is -0.399 e. The summed E-state index contributed by atoms with van der Waals surface area (Å²) >= 11 is 0. The summed E-state index contributed by atoms with van der Waals surface area (Å²) < 4.78 is 13.9. The molecule has 1 amide bonds. The number of hydrogen-bond acceptors (Lipinski definition) is 2. The molecule has 3 nitrogen and oxygen atoms in total. The molecule has 0 aliphatic heterocycles. The molecule has 0 heterocycles. The number of amides is 1. The molecular weight excluding hydrogens is 315 g/mol. The zero-order chi connectivity index (χ0) is 15.7. The van der Waals surface area contributed by atoms with Crippen molar-refractivity contribution in [3.8, 4) is 0 Å². The quantitative estimate of drug-likeness (QED) is 0.861. The van der Waals surface area contributed by atoms with Gasteiger partial charge in [-0.2, -0.15) is 0 Å². The van der Waals surface area contributed by atoms with Crippen molar-refractivity contribution in [1.82, 2.24) is 4.90 Å². The number of carbonyl (C=O) groups is 1. The van der Waals surface area contributed by atoms with Gasteiger partial charge in [0.05, 0.1) is 0 Å². The number of nitrogens with two attached hydrogens (primary N) is 1. The van der Waals surface area contributed by atoms with Crippen LogP contribution in [0, 0.1) is 12.7 Å². The van der Waals surface area contributed by atoms with Gasteiger partial charge in [-0.3, -0.25) is 4.79 Å². The molecule has 122 valence electrons. The van der Waals surface area contributed by atoms with Crippen LogP contribution in [0.2, 0.25) is 0 Å². The molecule has 0 radical (unpaired) electrons. The van der Waals surface area contributed by atoms with Gasteiger partial charge in [0.2, 0.25) is 0 Å². The van der Waals surface area contributed by atoms with Crippen LogP contribution in [-0.2, 0) is 6.54 Å². The van der Waals surface area contributed by atoms with Gasteiger partial charge in [0.1, 0.15) is 5.82 Å². The maximum absolute atomic E-state index is 13.9. The van der Waals surface area contributed by atoms with Gasteiger partial charge in [-0.1, -0.05) is 24.3 Å². The first-order valence-electron chi connectivity index (χ1n) is 7.47. The minimum absolute atomic E-state index is 0. The van der Waals surface area contributed by atoms with Crippen LogP contribution < -0.4 is 5.73 Å². The number of nitrogens with zero attached hydrogens (tertiary/aromatic N) is 1. The maximum atomic E-state index is 13.9. The van der Waals surface area contributed by atoms with Crippen molar-refractivity contribution in [2.75, 3.05) is 5.73 Å². The van der Waals surface area contributed by atoms with E-state index in [2.05, 4.69) is 0 Å². The Balaban J connectivity index is 0.00000192. The molecule has 23 heavy (non-hydrogen) atoms. The number of halogens is 2. The Kier molecular flexibility index (Phi) is 5.26. The summed E-state index contributed by atoms with van der Waals surface area (Å²) in [7, 11) is 0. The SMILES string of the molecule is Cc1ccc(N)cc1C(=O)N(Cc1ccccc1F)C1CC1.Cl. The maximum Gasteiger partial charge on any atom is 0.254 e. The first kappa shape index (κ1) is 17.3. The molecule has 1 aliphatic carbocycles. The normalized spacial score (nSPS) is 13.3. The van der Waals surface area contributed by atoms with Crippen LogP contribution >= 0.6 is 12.4 Å². The Morgan fingerprint density at radius 3 is 2.61 bits per heavy atom. The summed E-state index contributed by atoms with van der Waals surface area (Å²) in [6.45, 7) is 2.19. The second-order valence-electron chi connectivity index (χ2n) is 5.83. The lowest BCUT2D eigenvalue weighted by Crippen LogP contribution is -2.33. The van der Waals surface area contributed by atoms with E-state index in [-0.39, 0.29) is 30.2 Å². The highest BCUT2D eigenvalue weighted by molar-refractivity contribution is 5.96. The summed E-state index contributed by atoms with van der Waals surface area (Å²) in [5.41, 5.74) is 8.40. The third-order valence-electron chi connectivity index (χ3n) is 4.04. The van der Waals surface area contributed by atoms with Crippen molar-refractivity contribution in [3.63, 3.8) is 0 Å². The van der Waals surface area contributed by atoms with E-state index in [1.54, 1.807) is 35.2 Å². The lowest BCUT2D eigenvalue weighted by Gasteiger charge is -2.24. The van der Waals surface area contributed by atoms with Crippen LogP contribution in [0.3, 0.4) is 0 Å². The predicted octanol–water partition coefficient (Wildman–Crippen LogP) is 3.94. The Labute approximate surface area is 141 Å². The number of anilines is 1. The predicted molar refractivity (Wildman–Crippen MR) is 92.1 cm³/mol. The van der Waals surface area contributed by atoms with Gasteiger partial charge in [-0.05, 0) is 43.5 Å². The zero-order valence-electron chi connectivity index (χ0n) is 13.0. The molecule has 1 fully saturated rings. The van der Waals surface area contributed by atoms with E-state index in [4.69, 9.17) is 5.73 Å². The lowest BCUT2D eigenvalue weighted by molar-refractivity contribution is 0.0727. The van der Waals surface area contributed by atoms with Gasteiger partial charge in [0.25, 0.3) is 5.91 Å². The summed E-state index contributed by atoms with van der Waals surface area (Å²) in [4.78, 5) is 14.6. The van der Waals surface area contributed by atoms with Crippen molar-refractivity contribution < 1.29 is 9.18 Å². The lowest BCUT2D eigenvalue weighted by atomic mass is 10.1. The van der Waals surface area contributed by atoms with Gasteiger partial charge < -0.3 is 10.6 Å². The van der Waals surface area contributed by atoms with Crippen LogP contribution in [0.1, 0.15) is 34.3 Å². The highest BCUT2D eigenvalue weighted by atomic mass is 35.5. The topological polar surface area (TPSA) is 46.3 Å². The smallest absolute Gasteiger partial charge is 0.254 e. The Bertz CT molecular complexity index is 716. The third kappa shape index (κ3) is 3.82. The second kappa shape index (κ2) is 7.01. The molecule has 0 bridgehead atoms. The zero-order valence-corrected chi connectivity index (χ0v) is 13.8. The molecule has 1 saturated carbocycles. The first-order chi connectivity index (χ1) is 10.6. The fraction of sp³-hybridized carbons (Fsp3) is 0.278. The number of aryl methyl sites for hydroxylation is 1. The molecule has 2 N–H and O–H groups in total. The van der Waals surface area contributed by atoms with Gasteiger partial charge in [0.15, 0.2) is 0 Å². The van der Waals surface area contributed by atoms with Gasteiger partial charge in [-0.25, -0.2) is 4.39 Å². The van der Waals surface area contributed by atoms with Crippen LogP contribution in [0.15, 0.2) is 42.5 Å². The molecule has 2 aromatic rings. The average Bonchev–Trinajstić information content (AvgIpc) is 3.33. The standard InChI is InChI=1S/C18H19FN2O.ClH/c1-12-6-7-14(20)10-16(12)18(22)21(15-8-9-15)11-13-4-2-3-5-17(13)19;/h2-7,10,15H,8-9,11,20H2,1H3;1H. The highest BCUT2D eigenvalue weighted by Crippen LogP contribution is 2.31. The summed E-state index contributed by atoms with van der Waals surface area (Å²) in [6, 6.07) is 12.1. The average molecular weight is 335 g/mol. The Morgan fingerprint density at radius 2 is 1.96 bits per heavy atom. The molecule has 0 saturated heterocycles. The number of benzene rings is 2. The number of hydrogen-bond donors (Lipinski definition) is 1. The molecule has 2 aromatic carbocycles. The van der Waals surface area contributed by atoms with E-state index in [0.717, 1.165) is 18.4 Å². The molecular formula is C18H20ClFN2O. The molecule has 0 unspecified atom stereocenters. The molecule has 0 atom stereocenters. The summed E-state index contributed by atoms with van der Waals surface area (Å²) in [6.07, 6.45) is 1.95. The highest BCUT2D eigenvalue weighted by Gasteiger charge is 2.34. The van der Waals surface area contributed by atoms with Crippen LogP contribution in [0.4, 0.5) is 10.1 Å².